The Hall–Kier alpha value is -0.340. The average molecular weight is 283 g/mol. The van der Waals surface area contributed by atoms with Crippen LogP contribution in [0.1, 0.15) is 35.2 Å². The number of fused-ring (bicyclic) bond motifs is 1. The minimum absolute atomic E-state index is 0.501. The van der Waals surface area contributed by atoms with Crippen molar-refractivity contribution in [2.45, 2.75) is 30.5 Å². The van der Waals surface area contributed by atoms with Crippen molar-refractivity contribution in [1.29, 1.82) is 0 Å². The number of aryl methyl sites for hydroxylation is 1. The van der Waals surface area contributed by atoms with Crippen LogP contribution >= 0.6 is 15.9 Å². The van der Waals surface area contributed by atoms with Crippen molar-refractivity contribution in [3.05, 3.63) is 35.4 Å². The molecule has 1 aliphatic carbocycles. The van der Waals surface area contributed by atoms with E-state index in [9.17, 15) is 0 Å². The van der Waals surface area contributed by atoms with Gasteiger partial charge >= 0.3 is 0 Å². The second-order valence-electron chi connectivity index (χ2n) is 4.53. The molecule has 2 atom stereocenters. The van der Waals surface area contributed by atoms with Gasteiger partial charge < -0.3 is 4.74 Å². The average Bonchev–Trinajstić information content (AvgIpc) is 2.47. The Bertz CT molecular complexity index is 335. The van der Waals surface area contributed by atoms with Crippen LogP contribution in [0, 0.1) is 5.92 Å². The Morgan fingerprint density at radius 3 is 3.00 bits per heavy atom. The van der Waals surface area contributed by atoms with Crippen LogP contribution in [0.2, 0.25) is 0 Å². The molecule has 1 aliphatic rings. The summed E-state index contributed by atoms with van der Waals surface area (Å²) in [6.45, 7) is 0.870. The third kappa shape index (κ3) is 2.67. The second kappa shape index (κ2) is 5.83. The maximum Gasteiger partial charge on any atom is 0.0465 e. The van der Waals surface area contributed by atoms with Gasteiger partial charge in [-0.3, -0.25) is 0 Å². The van der Waals surface area contributed by atoms with Gasteiger partial charge in [0.15, 0.2) is 0 Å². The molecule has 1 aromatic carbocycles. The van der Waals surface area contributed by atoms with Crippen molar-refractivity contribution in [3.63, 3.8) is 0 Å². The molecule has 2 heteroatoms. The van der Waals surface area contributed by atoms with E-state index in [0.29, 0.717) is 10.7 Å². The molecule has 0 saturated carbocycles. The van der Waals surface area contributed by atoms with E-state index >= 15 is 0 Å². The van der Waals surface area contributed by atoms with E-state index in [1.807, 2.05) is 0 Å². The number of alkyl halides is 1. The lowest BCUT2D eigenvalue weighted by Crippen LogP contribution is -2.09. The third-order valence-corrected chi connectivity index (χ3v) is 4.72. The zero-order chi connectivity index (χ0) is 11.4. The summed E-state index contributed by atoms with van der Waals surface area (Å²) in [6, 6.07) is 8.82. The van der Waals surface area contributed by atoms with Crippen LogP contribution in [-0.2, 0) is 11.2 Å². The minimum atomic E-state index is 0.501. The highest BCUT2D eigenvalue weighted by atomic mass is 79.9. The molecular formula is C14H19BrO. The Labute approximate surface area is 106 Å². The molecule has 1 aromatic rings. The predicted octanol–water partition coefficient (Wildman–Crippen LogP) is 4.11. The minimum Gasteiger partial charge on any atom is -0.385 e. The summed E-state index contributed by atoms with van der Waals surface area (Å²) in [5.41, 5.74) is 3.00. The van der Waals surface area contributed by atoms with Crippen molar-refractivity contribution in [1.82, 2.24) is 0 Å². The lowest BCUT2D eigenvalue weighted by atomic mass is 9.94. The van der Waals surface area contributed by atoms with E-state index in [2.05, 4.69) is 40.2 Å². The molecule has 0 N–H and O–H groups in total. The normalized spacial score (nSPS) is 24.9. The summed E-state index contributed by atoms with van der Waals surface area (Å²) in [7, 11) is 1.79. The van der Waals surface area contributed by atoms with Gasteiger partial charge in [-0.25, -0.2) is 0 Å². The summed E-state index contributed by atoms with van der Waals surface area (Å²) < 4.78 is 5.20. The Morgan fingerprint density at radius 1 is 1.38 bits per heavy atom. The SMILES string of the molecule is COCCC1CCCc2ccccc2C1Br. The van der Waals surface area contributed by atoms with Crippen molar-refractivity contribution >= 4 is 15.9 Å². The van der Waals surface area contributed by atoms with Gasteiger partial charge in [0.05, 0.1) is 0 Å². The van der Waals surface area contributed by atoms with Crippen molar-refractivity contribution in [2.24, 2.45) is 5.92 Å². The molecule has 2 unspecified atom stereocenters. The first kappa shape index (κ1) is 12.1. The van der Waals surface area contributed by atoms with Crippen LogP contribution in [0.25, 0.3) is 0 Å². The predicted molar refractivity (Wildman–Crippen MR) is 71.0 cm³/mol. The van der Waals surface area contributed by atoms with Crippen LogP contribution in [0.3, 0.4) is 0 Å². The van der Waals surface area contributed by atoms with Crippen LogP contribution in [0.5, 0.6) is 0 Å². The molecular weight excluding hydrogens is 264 g/mol. The van der Waals surface area contributed by atoms with Gasteiger partial charge in [0, 0.05) is 18.5 Å². The van der Waals surface area contributed by atoms with Crippen molar-refractivity contribution in [2.75, 3.05) is 13.7 Å². The Morgan fingerprint density at radius 2 is 2.19 bits per heavy atom. The highest BCUT2D eigenvalue weighted by molar-refractivity contribution is 9.09. The topological polar surface area (TPSA) is 9.23 Å². The fourth-order valence-electron chi connectivity index (χ4n) is 2.55. The van der Waals surface area contributed by atoms with Crippen LogP contribution < -0.4 is 0 Å². The number of hydrogen-bond acceptors (Lipinski definition) is 1. The molecule has 0 bridgehead atoms. The van der Waals surface area contributed by atoms with Crippen molar-refractivity contribution < 1.29 is 4.74 Å². The number of rotatable bonds is 3. The zero-order valence-corrected chi connectivity index (χ0v) is 11.4. The van der Waals surface area contributed by atoms with Gasteiger partial charge in [0.1, 0.15) is 0 Å². The fraction of sp³-hybridized carbons (Fsp3) is 0.571. The summed E-state index contributed by atoms with van der Waals surface area (Å²) >= 11 is 3.88. The number of benzene rings is 1. The van der Waals surface area contributed by atoms with Gasteiger partial charge in [-0.05, 0) is 42.7 Å². The first-order chi connectivity index (χ1) is 7.83. The lowest BCUT2D eigenvalue weighted by molar-refractivity contribution is 0.174. The molecule has 0 amide bonds. The van der Waals surface area contributed by atoms with Gasteiger partial charge in [0.2, 0.25) is 0 Å². The first-order valence-electron chi connectivity index (χ1n) is 6.03. The molecule has 2 rings (SSSR count). The van der Waals surface area contributed by atoms with E-state index in [1.54, 1.807) is 7.11 Å². The van der Waals surface area contributed by atoms with Crippen LogP contribution in [0.15, 0.2) is 24.3 Å². The van der Waals surface area contributed by atoms with E-state index in [4.69, 9.17) is 4.74 Å². The Kier molecular flexibility index (Phi) is 4.42. The van der Waals surface area contributed by atoms with E-state index < -0.39 is 0 Å². The molecule has 88 valence electrons. The molecule has 1 nitrogen and oxygen atoms in total. The number of methoxy groups -OCH3 is 1. The largest absolute Gasteiger partial charge is 0.385 e. The zero-order valence-electron chi connectivity index (χ0n) is 9.79. The highest BCUT2D eigenvalue weighted by Crippen LogP contribution is 2.40. The third-order valence-electron chi connectivity index (χ3n) is 3.48. The maximum absolute atomic E-state index is 5.20. The molecule has 0 spiro atoms. The summed E-state index contributed by atoms with van der Waals surface area (Å²) in [5, 5.41) is 0. The first-order valence-corrected chi connectivity index (χ1v) is 6.95. The summed E-state index contributed by atoms with van der Waals surface area (Å²) in [4.78, 5) is 0.501. The van der Waals surface area contributed by atoms with E-state index in [1.165, 1.54) is 30.4 Å². The number of halogens is 1. The molecule has 0 aromatic heterocycles. The van der Waals surface area contributed by atoms with Crippen molar-refractivity contribution in [3.8, 4) is 0 Å². The van der Waals surface area contributed by atoms with Gasteiger partial charge in [-0.2, -0.15) is 0 Å². The summed E-state index contributed by atoms with van der Waals surface area (Å²) in [6.07, 6.45) is 4.98. The van der Waals surface area contributed by atoms with Crippen LogP contribution in [-0.4, -0.2) is 13.7 Å². The fourth-order valence-corrected chi connectivity index (χ4v) is 3.52. The second-order valence-corrected chi connectivity index (χ2v) is 5.52. The molecule has 0 heterocycles. The van der Waals surface area contributed by atoms with Crippen LogP contribution in [0.4, 0.5) is 0 Å². The van der Waals surface area contributed by atoms with Gasteiger partial charge in [-0.15, -0.1) is 0 Å². The molecule has 0 fully saturated rings. The van der Waals surface area contributed by atoms with Gasteiger partial charge in [0.25, 0.3) is 0 Å². The molecule has 0 saturated heterocycles. The molecule has 0 radical (unpaired) electrons. The molecule has 0 aliphatic heterocycles. The maximum atomic E-state index is 5.20. The lowest BCUT2D eigenvalue weighted by Gasteiger charge is -2.21. The number of hydrogen-bond donors (Lipinski definition) is 0. The van der Waals surface area contributed by atoms with E-state index in [0.717, 1.165) is 13.0 Å². The molecule has 16 heavy (non-hydrogen) atoms. The van der Waals surface area contributed by atoms with E-state index in [-0.39, 0.29) is 0 Å². The summed E-state index contributed by atoms with van der Waals surface area (Å²) in [5.74, 6) is 0.712. The quantitative estimate of drug-likeness (QED) is 0.599. The monoisotopic (exact) mass is 282 g/mol. The standard InChI is InChI=1S/C14H19BrO/c1-16-10-9-12-7-4-6-11-5-2-3-8-13(11)14(12)15/h2-3,5,8,12,14H,4,6-7,9-10H2,1H3. The number of ether oxygens (including phenoxy) is 1. The highest BCUT2D eigenvalue weighted by Gasteiger charge is 2.24. The Balaban J connectivity index is 2.16. The smallest absolute Gasteiger partial charge is 0.0465 e. The van der Waals surface area contributed by atoms with Gasteiger partial charge in [-0.1, -0.05) is 40.2 Å².